The molecule has 0 atom stereocenters. The fraction of sp³-hybridized carbons (Fsp3) is 0.583. The monoisotopic (exact) mass is 318 g/mol. The summed E-state index contributed by atoms with van der Waals surface area (Å²) < 4.78 is 10.5. The summed E-state index contributed by atoms with van der Waals surface area (Å²) in [7, 11) is 0. The van der Waals surface area contributed by atoms with Gasteiger partial charge >= 0.3 is 5.97 Å². The molecule has 0 aromatic rings. The van der Waals surface area contributed by atoms with E-state index in [-0.39, 0.29) is 39.4 Å². The molecule has 4 nitrogen and oxygen atoms in total. The zero-order chi connectivity index (χ0) is 12.4. The third-order valence-corrected chi connectivity index (χ3v) is 2.36. The van der Waals surface area contributed by atoms with E-state index in [1.165, 1.54) is 0 Å². The molecule has 0 aromatic carbocycles. The van der Waals surface area contributed by atoms with Gasteiger partial charge in [0.1, 0.15) is 5.41 Å². The van der Waals surface area contributed by atoms with Crippen molar-refractivity contribution in [3.63, 3.8) is 0 Å². The molecule has 0 fully saturated rings. The summed E-state index contributed by atoms with van der Waals surface area (Å²) in [4.78, 5) is 11.2. The van der Waals surface area contributed by atoms with Crippen LogP contribution in [0, 0.1) is 5.41 Å². The largest absolute Gasteiger partial charge is 0.481 e. The van der Waals surface area contributed by atoms with Gasteiger partial charge in [-0.1, -0.05) is 19.1 Å². The minimum atomic E-state index is -0.980. The molecule has 0 amide bonds. The number of hydrogen-bond donors (Lipinski definition) is 1. The second-order valence-electron chi connectivity index (χ2n) is 3.55. The Morgan fingerprint density at radius 3 is 1.88 bits per heavy atom. The normalized spacial score (nSPS) is 10.4. The minimum Gasteiger partial charge on any atom is -0.481 e. The first-order valence-electron chi connectivity index (χ1n) is 5.23. The molecule has 0 rings (SSSR count). The summed E-state index contributed by atoms with van der Waals surface area (Å²) in [6.07, 6.45) is 3.64. The van der Waals surface area contributed by atoms with Gasteiger partial charge in [0.05, 0.1) is 26.4 Å². The van der Waals surface area contributed by atoms with Crippen LogP contribution in [0.4, 0.5) is 0 Å². The van der Waals surface area contributed by atoms with Crippen molar-refractivity contribution in [2.75, 3.05) is 26.4 Å². The maximum atomic E-state index is 11.2. The first-order valence-corrected chi connectivity index (χ1v) is 5.23. The van der Waals surface area contributed by atoms with Crippen molar-refractivity contribution in [3.05, 3.63) is 25.3 Å². The van der Waals surface area contributed by atoms with Crippen molar-refractivity contribution in [2.45, 2.75) is 13.3 Å². The Morgan fingerprint density at radius 2 is 1.65 bits per heavy atom. The maximum Gasteiger partial charge on any atom is 0.314 e. The Balaban J connectivity index is 0. The summed E-state index contributed by atoms with van der Waals surface area (Å²) in [5, 5.41) is 9.21. The number of hydrogen-bond acceptors (Lipinski definition) is 3. The van der Waals surface area contributed by atoms with Crippen LogP contribution in [0.2, 0.25) is 0 Å². The number of carbonyl (C=O) groups is 1. The molecule has 5 heteroatoms. The van der Waals surface area contributed by atoms with Gasteiger partial charge in [-0.15, -0.1) is 13.2 Å². The SMILES string of the molecule is C=CCOCC(CC)(COCC=C)C(=O)O.[Zr]. The zero-order valence-electron chi connectivity index (χ0n) is 10.3. The summed E-state index contributed by atoms with van der Waals surface area (Å²) in [5.74, 6) is -0.900. The van der Waals surface area contributed by atoms with Crippen LogP contribution in [-0.2, 0) is 40.5 Å². The Hall–Kier alpha value is -0.247. The maximum absolute atomic E-state index is 11.2. The van der Waals surface area contributed by atoms with Gasteiger partial charge in [-0.25, -0.2) is 0 Å². The molecule has 1 N–H and O–H groups in total. The molecule has 0 unspecified atom stereocenters. The Labute approximate surface area is 122 Å². The molecular weight excluding hydrogens is 299 g/mol. The van der Waals surface area contributed by atoms with E-state index in [0.29, 0.717) is 19.6 Å². The fourth-order valence-electron chi connectivity index (χ4n) is 1.20. The molecule has 0 bridgehead atoms. The van der Waals surface area contributed by atoms with E-state index in [9.17, 15) is 9.90 Å². The molecule has 0 aliphatic rings. The first kappa shape index (κ1) is 19.1. The van der Waals surface area contributed by atoms with Crippen molar-refractivity contribution >= 4 is 5.97 Å². The average Bonchev–Trinajstić information content (AvgIpc) is 2.27. The van der Waals surface area contributed by atoms with Gasteiger partial charge in [-0.3, -0.25) is 4.79 Å². The van der Waals surface area contributed by atoms with E-state index < -0.39 is 11.4 Å². The smallest absolute Gasteiger partial charge is 0.314 e. The third kappa shape index (κ3) is 6.92. The standard InChI is InChI=1S/C12H20O4.Zr/c1-4-7-15-9-12(6-3,11(13)14)10-16-8-5-2;/h4-5H,1-2,6-10H2,3H3,(H,13,14);. The summed E-state index contributed by atoms with van der Waals surface area (Å²) in [6, 6.07) is 0. The Morgan fingerprint density at radius 1 is 1.24 bits per heavy atom. The van der Waals surface area contributed by atoms with E-state index in [0.717, 1.165) is 0 Å². The molecule has 0 radical (unpaired) electrons. The van der Waals surface area contributed by atoms with Gasteiger partial charge in [0.2, 0.25) is 0 Å². The average molecular weight is 320 g/mol. The van der Waals surface area contributed by atoms with Gasteiger partial charge in [-0.2, -0.15) is 0 Å². The van der Waals surface area contributed by atoms with E-state index in [4.69, 9.17) is 9.47 Å². The Kier molecular flexibility index (Phi) is 12.2. The van der Waals surface area contributed by atoms with Gasteiger partial charge in [0, 0.05) is 26.2 Å². The van der Waals surface area contributed by atoms with E-state index in [2.05, 4.69) is 13.2 Å². The van der Waals surface area contributed by atoms with Gasteiger partial charge in [0.25, 0.3) is 0 Å². The molecule has 0 heterocycles. The molecule has 17 heavy (non-hydrogen) atoms. The molecular formula is C12H20O4Zr. The summed E-state index contributed by atoms with van der Waals surface area (Å²) in [5.41, 5.74) is -0.980. The van der Waals surface area contributed by atoms with Crippen LogP contribution in [0.5, 0.6) is 0 Å². The number of ether oxygens (including phenoxy) is 2. The number of rotatable bonds is 10. The zero-order valence-corrected chi connectivity index (χ0v) is 12.7. The first-order chi connectivity index (χ1) is 7.63. The van der Waals surface area contributed by atoms with Crippen LogP contribution in [0.25, 0.3) is 0 Å². The predicted molar refractivity (Wildman–Crippen MR) is 62.4 cm³/mol. The summed E-state index contributed by atoms with van der Waals surface area (Å²) in [6.45, 7) is 9.77. The third-order valence-electron chi connectivity index (χ3n) is 2.36. The molecule has 96 valence electrons. The van der Waals surface area contributed by atoms with E-state index in [1.54, 1.807) is 12.2 Å². The summed E-state index contributed by atoms with van der Waals surface area (Å²) >= 11 is 0. The number of aliphatic carboxylic acids is 1. The van der Waals surface area contributed by atoms with Crippen LogP contribution in [0.15, 0.2) is 25.3 Å². The van der Waals surface area contributed by atoms with Crippen molar-refractivity contribution in [1.29, 1.82) is 0 Å². The minimum absolute atomic E-state index is 0. The van der Waals surface area contributed by atoms with Gasteiger partial charge in [-0.05, 0) is 6.42 Å². The molecule has 0 spiro atoms. The van der Waals surface area contributed by atoms with Crippen LogP contribution in [-0.4, -0.2) is 37.5 Å². The molecule has 0 aromatic heterocycles. The second kappa shape index (κ2) is 10.9. The van der Waals surface area contributed by atoms with Gasteiger partial charge in [0.15, 0.2) is 0 Å². The fourth-order valence-corrected chi connectivity index (χ4v) is 1.20. The predicted octanol–water partition coefficient (Wildman–Crippen LogP) is 1.87. The van der Waals surface area contributed by atoms with Crippen LogP contribution < -0.4 is 0 Å². The second-order valence-corrected chi connectivity index (χ2v) is 3.55. The van der Waals surface area contributed by atoms with Crippen molar-refractivity contribution < 1.29 is 45.6 Å². The van der Waals surface area contributed by atoms with E-state index in [1.807, 2.05) is 6.92 Å². The molecule has 0 saturated heterocycles. The van der Waals surface area contributed by atoms with Crippen LogP contribution >= 0.6 is 0 Å². The quantitative estimate of drug-likeness (QED) is 0.493. The van der Waals surface area contributed by atoms with Crippen LogP contribution in [0.1, 0.15) is 13.3 Å². The Bertz CT molecular complexity index is 227. The topological polar surface area (TPSA) is 55.8 Å². The van der Waals surface area contributed by atoms with Crippen molar-refractivity contribution in [2.24, 2.45) is 5.41 Å². The molecule has 0 aliphatic heterocycles. The molecule has 0 saturated carbocycles. The van der Waals surface area contributed by atoms with Crippen molar-refractivity contribution in [3.8, 4) is 0 Å². The van der Waals surface area contributed by atoms with Crippen LogP contribution in [0.3, 0.4) is 0 Å². The van der Waals surface area contributed by atoms with Gasteiger partial charge < -0.3 is 14.6 Å². The van der Waals surface area contributed by atoms with Crippen molar-refractivity contribution in [1.82, 2.24) is 0 Å². The van der Waals surface area contributed by atoms with E-state index >= 15 is 0 Å². The number of carboxylic acids is 1. The molecule has 0 aliphatic carbocycles. The number of carboxylic acid groups (broad SMARTS) is 1.